The first-order valence-electron chi connectivity index (χ1n) is 7.39. The Hall–Kier alpha value is -1.94. The highest BCUT2D eigenvalue weighted by Gasteiger charge is 2.50. The molecule has 21 heavy (non-hydrogen) atoms. The molecule has 4 heteroatoms. The molecule has 0 spiro atoms. The number of ketones is 1. The van der Waals surface area contributed by atoms with Crippen LogP contribution in [0.25, 0.3) is 0 Å². The van der Waals surface area contributed by atoms with E-state index in [-0.39, 0.29) is 17.8 Å². The minimum Gasteiger partial charge on any atom is -0.449 e. The lowest BCUT2D eigenvalue weighted by atomic mass is 9.85. The van der Waals surface area contributed by atoms with Crippen molar-refractivity contribution >= 4 is 11.8 Å². The third kappa shape index (κ3) is 2.51. The number of carbonyl (C=O) groups excluding carboxylic acids is 2. The first kappa shape index (κ1) is 14.0. The number of rotatable bonds is 3. The number of esters is 1. The van der Waals surface area contributed by atoms with Crippen molar-refractivity contribution in [1.29, 1.82) is 0 Å². The van der Waals surface area contributed by atoms with Gasteiger partial charge in [-0.05, 0) is 30.8 Å². The fourth-order valence-corrected chi connectivity index (χ4v) is 3.28. The number of benzene rings is 1. The number of allylic oxidation sites excluding steroid dienone is 1. The zero-order valence-corrected chi connectivity index (χ0v) is 12.1. The second kappa shape index (κ2) is 5.45. The Kier molecular flexibility index (Phi) is 3.64. The highest BCUT2D eigenvalue weighted by atomic mass is 16.6. The zero-order chi connectivity index (χ0) is 14.9. The molecule has 1 heterocycles. The molecular formula is C17H19NO3. The molecule has 0 radical (unpaired) electrons. The van der Waals surface area contributed by atoms with Crippen LogP contribution in [0.5, 0.6) is 0 Å². The summed E-state index contributed by atoms with van der Waals surface area (Å²) in [5.41, 5.74) is -0.109. The van der Waals surface area contributed by atoms with Gasteiger partial charge in [0.15, 0.2) is 5.78 Å². The summed E-state index contributed by atoms with van der Waals surface area (Å²) in [6.45, 7) is 3.77. The minimum atomic E-state index is -0.656. The summed E-state index contributed by atoms with van der Waals surface area (Å²) in [7, 11) is 0. The summed E-state index contributed by atoms with van der Waals surface area (Å²) in [5, 5.41) is 0. The number of carbonyl (C=O) groups is 2. The molecule has 0 saturated carbocycles. The maximum Gasteiger partial charge on any atom is 0.339 e. The molecule has 4 nitrogen and oxygen atoms in total. The van der Waals surface area contributed by atoms with E-state index in [0.717, 1.165) is 19.5 Å². The average molecular weight is 285 g/mol. The molecule has 0 aromatic heterocycles. The number of hydrogen-bond donors (Lipinski definition) is 0. The SMILES string of the molecule is CCN1CC[C@@]2(OC(=O)c3ccccc3)C=CC(=O)C[C@@H]12. The van der Waals surface area contributed by atoms with Crippen molar-refractivity contribution < 1.29 is 14.3 Å². The number of likely N-dealkylation sites (tertiary alicyclic amines) is 1. The van der Waals surface area contributed by atoms with Crippen LogP contribution in [-0.2, 0) is 9.53 Å². The fraction of sp³-hybridized carbons (Fsp3) is 0.412. The van der Waals surface area contributed by atoms with Crippen LogP contribution >= 0.6 is 0 Å². The van der Waals surface area contributed by atoms with Gasteiger partial charge in [-0.2, -0.15) is 0 Å². The Morgan fingerprint density at radius 2 is 2.14 bits per heavy atom. The molecule has 2 aliphatic rings. The average Bonchev–Trinajstić information content (AvgIpc) is 2.86. The van der Waals surface area contributed by atoms with Gasteiger partial charge in [0, 0.05) is 19.4 Å². The van der Waals surface area contributed by atoms with Crippen LogP contribution in [0.2, 0.25) is 0 Å². The molecule has 1 fully saturated rings. The lowest BCUT2D eigenvalue weighted by Crippen LogP contribution is -2.49. The molecule has 1 aromatic rings. The molecular weight excluding hydrogens is 266 g/mol. The first-order chi connectivity index (χ1) is 10.1. The summed E-state index contributed by atoms with van der Waals surface area (Å²) in [6, 6.07) is 8.97. The van der Waals surface area contributed by atoms with E-state index >= 15 is 0 Å². The Morgan fingerprint density at radius 3 is 2.86 bits per heavy atom. The van der Waals surface area contributed by atoms with E-state index in [0.29, 0.717) is 12.0 Å². The van der Waals surface area contributed by atoms with Crippen LogP contribution in [0.1, 0.15) is 30.1 Å². The standard InChI is InChI=1S/C17H19NO3/c1-2-18-11-10-17(9-8-14(19)12-15(17)18)21-16(20)13-6-4-3-5-7-13/h3-9,15H,2,10-12H2,1H3/t15-,17+/m1/s1. The maximum absolute atomic E-state index is 12.4. The van der Waals surface area contributed by atoms with Crippen LogP contribution in [0.15, 0.2) is 42.5 Å². The van der Waals surface area contributed by atoms with Crippen LogP contribution in [0.4, 0.5) is 0 Å². The van der Waals surface area contributed by atoms with Crippen molar-refractivity contribution in [2.45, 2.75) is 31.4 Å². The van der Waals surface area contributed by atoms with Crippen LogP contribution in [0, 0.1) is 0 Å². The van der Waals surface area contributed by atoms with E-state index in [2.05, 4.69) is 11.8 Å². The summed E-state index contributed by atoms with van der Waals surface area (Å²) in [6.07, 6.45) is 4.52. The molecule has 0 N–H and O–H groups in total. The Labute approximate surface area is 124 Å². The van der Waals surface area contributed by atoms with Crippen LogP contribution in [-0.4, -0.2) is 41.4 Å². The van der Waals surface area contributed by atoms with E-state index in [1.807, 2.05) is 18.2 Å². The molecule has 2 atom stereocenters. The van der Waals surface area contributed by atoms with E-state index in [1.165, 1.54) is 0 Å². The quantitative estimate of drug-likeness (QED) is 0.799. The van der Waals surface area contributed by atoms with Crippen molar-refractivity contribution in [3.05, 3.63) is 48.0 Å². The first-order valence-corrected chi connectivity index (χ1v) is 7.39. The Balaban J connectivity index is 1.86. The third-order valence-electron chi connectivity index (χ3n) is 4.44. The molecule has 1 aliphatic heterocycles. The van der Waals surface area contributed by atoms with Gasteiger partial charge in [0.1, 0.15) is 5.60 Å². The number of nitrogens with zero attached hydrogens (tertiary/aromatic N) is 1. The third-order valence-corrected chi connectivity index (χ3v) is 4.44. The fourth-order valence-electron chi connectivity index (χ4n) is 3.28. The van der Waals surface area contributed by atoms with Gasteiger partial charge in [-0.15, -0.1) is 0 Å². The van der Waals surface area contributed by atoms with Crippen molar-refractivity contribution in [2.24, 2.45) is 0 Å². The lowest BCUT2D eigenvalue weighted by Gasteiger charge is -2.37. The molecule has 3 rings (SSSR count). The van der Waals surface area contributed by atoms with Gasteiger partial charge >= 0.3 is 5.97 Å². The van der Waals surface area contributed by atoms with Gasteiger partial charge in [-0.25, -0.2) is 4.79 Å². The minimum absolute atomic E-state index is 0.0346. The molecule has 1 aliphatic carbocycles. The van der Waals surface area contributed by atoms with Gasteiger partial charge in [0.2, 0.25) is 0 Å². The smallest absolute Gasteiger partial charge is 0.339 e. The van der Waals surface area contributed by atoms with E-state index in [9.17, 15) is 9.59 Å². The maximum atomic E-state index is 12.4. The van der Waals surface area contributed by atoms with Gasteiger partial charge in [-0.1, -0.05) is 25.1 Å². The molecule has 0 bridgehead atoms. The zero-order valence-electron chi connectivity index (χ0n) is 12.1. The molecule has 0 amide bonds. The Bertz CT molecular complexity index is 581. The summed E-state index contributed by atoms with van der Waals surface area (Å²) >= 11 is 0. The highest BCUT2D eigenvalue weighted by molar-refractivity contribution is 5.93. The molecule has 0 unspecified atom stereocenters. The second-order valence-corrected chi connectivity index (χ2v) is 5.61. The molecule has 1 aromatic carbocycles. The number of ether oxygens (including phenoxy) is 1. The number of fused-ring (bicyclic) bond motifs is 1. The summed E-state index contributed by atoms with van der Waals surface area (Å²) < 4.78 is 5.85. The summed E-state index contributed by atoms with van der Waals surface area (Å²) in [5.74, 6) is -0.218. The van der Waals surface area contributed by atoms with E-state index < -0.39 is 5.60 Å². The van der Waals surface area contributed by atoms with Crippen molar-refractivity contribution in [2.75, 3.05) is 13.1 Å². The monoisotopic (exact) mass is 285 g/mol. The van der Waals surface area contributed by atoms with Gasteiger partial charge in [0.25, 0.3) is 0 Å². The molecule has 110 valence electrons. The van der Waals surface area contributed by atoms with E-state index in [1.54, 1.807) is 24.3 Å². The Morgan fingerprint density at radius 1 is 1.38 bits per heavy atom. The predicted molar refractivity (Wildman–Crippen MR) is 79.0 cm³/mol. The van der Waals surface area contributed by atoms with Crippen molar-refractivity contribution in [3.8, 4) is 0 Å². The largest absolute Gasteiger partial charge is 0.449 e. The van der Waals surface area contributed by atoms with Gasteiger partial charge in [-0.3, -0.25) is 9.69 Å². The highest BCUT2D eigenvalue weighted by Crippen LogP contribution is 2.38. The summed E-state index contributed by atoms with van der Waals surface area (Å²) in [4.78, 5) is 26.3. The topological polar surface area (TPSA) is 46.6 Å². The van der Waals surface area contributed by atoms with Gasteiger partial charge in [0.05, 0.1) is 11.6 Å². The van der Waals surface area contributed by atoms with E-state index in [4.69, 9.17) is 4.74 Å². The van der Waals surface area contributed by atoms with Crippen LogP contribution < -0.4 is 0 Å². The lowest BCUT2D eigenvalue weighted by molar-refractivity contribution is -0.118. The number of likely N-dealkylation sites (N-methyl/N-ethyl adjacent to an activating group) is 1. The van der Waals surface area contributed by atoms with Gasteiger partial charge < -0.3 is 4.74 Å². The van der Waals surface area contributed by atoms with Crippen LogP contribution in [0.3, 0.4) is 0 Å². The number of hydrogen-bond acceptors (Lipinski definition) is 4. The second-order valence-electron chi connectivity index (χ2n) is 5.61. The van der Waals surface area contributed by atoms with Crippen molar-refractivity contribution in [3.63, 3.8) is 0 Å². The predicted octanol–water partition coefficient (Wildman–Crippen LogP) is 2.21. The molecule has 1 saturated heterocycles. The normalized spacial score (nSPS) is 28.4. The van der Waals surface area contributed by atoms with Crippen molar-refractivity contribution in [1.82, 2.24) is 4.90 Å².